The van der Waals surface area contributed by atoms with Gasteiger partial charge in [0, 0.05) is 14.2 Å². The molecule has 0 amide bonds. The van der Waals surface area contributed by atoms with E-state index in [0.29, 0.717) is 12.8 Å². The Kier molecular flexibility index (Phi) is 6.98. The molecule has 0 fully saturated rings. The third kappa shape index (κ3) is 5.28. The van der Waals surface area contributed by atoms with Crippen LogP contribution in [0.5, 0.6) is 0 Å². The van der Waals surface area contributed by atoms with Gasteiger partial charge in [0.15, 0.2) is 0 Å². The van der Waals surface area contributed by atoms with Gasteiger partial charge in [-0.2, -0.15) is 0 Å². The van der Waals surface area contributed by atoms with Crippen LogP contribution in [0.4, 0.5) is 0 Å². The molecule has 0 aromatic rings. The molecule has 0 aromatic carbocycles. The average Bonchev–Trinajstić information content (AvgIpc) is 2.18. The molecule has 0 rings (SSSR count). The van der Waals surface area contributed by atoms with Crippen molar-refractivity contribution in [1.82, 2.24) is 0 Å². The van der Waals surface area contributed by atoms with E-state index in [4.69, 9.17) is 13.4 Å². The maximum Gasteiger partial charge on any atom is 0.337 e. The second kappa shape index (κ2) is 6.82. The van der Waals surface area contributed by atoms with Gasteiger partial charge in [-0.05, 0) is 12.8 Å². The molecule has 0 heterocycles. The third-order valence-corrected chi connectivity index (χ3v) is 6.89. The maximum atomic E-state index is 11.9. The molecule has 5 nitrogen and oxygen atoms in total. The summed E-state index contributed by atoms with van der Waals surface area (Å²) in [6.45, 7) is 3.71. The van der Waals surface area contributed by atoms with Crippen LogP contribution in [0.1, 0.15) is 26.7 Å². The molecule has 0 saturated heterocycles. The van der Waals surface area contributed by atoms with Crippen LogP contribution in [0.15, 0.2) is 0 Å². The summed E-state index contributed by atoms with van der Waals surface area (Å²) in [6.07, 6.45) is 1.78. The van der Waals surface area contributed by atoms with Gasteiger partial charge in [-0.25, -0.2) is 4.31 Å². The lowest BCUT2D eigenvalue weighted by Crippen LogP contribution is -2.00. The van der Waals surface area contributed by atoms with Crippen LogP contribution >= 0.6 is 15.2 Å². The van der Waals surface area contributed by atoms with Gasteiger partial charge in [0.1, 0.15) is 0 Å². The van der Waals surface area contributed by atoms with E-state index >= 15 is 0 Å². The lowest BCUT2D eigenvalue weighted by Gasteiger charge is -2.21. The third-order valence-electron chi connectivity index (χ3n) is 1.80. The molecule has 0 N–H and O–H groups in total. The van der Waals surface area contributed by atoms with E-state index in [1.807, 2.05) is 13.8 Å². The van der Waals surface area contributed by atoms with Crippen molar-refractivity contribution in [3.63, 3.8) is 0 Å². The molecule has 0 aliphatic rings. The Morgan fingerprint density at radius 2 is 1.20 bits per heavy atom. The van der Waals surface area contributed by atoms with E-state index in [0.717, 1.165) is 0 Å². The molecule has 92 valence electrons. The van der Waals surface area contributed by atoms with Crippen LogP contribution in [0.2, 0.25) is 0 Å². The predicted octanol–water partition coefficient (Wildman–Crippen LogP) is 3.50. The number of hydrogen-bond donors (Lipinski definition) is 0. The summed E-state index contributed by atoms with van der Waals surface area (Å²) >= 11 is 0. The standard InChI is InChI=1S/C8H20O5P2/c1-5-7-14(9,11-3)13-15(10,12-4)8-6-2/h5-8H2,1-4H3. The molecule has 2 atom stereocenters. The SMILES string of the molecule is CCCP(=O)(OC)OP(=O)(CCC)OC. The quantitative estimate of drug-likeness (QED) is 0.623. The molecule has 0 aromatic heterocycles. The second-order valence-corrected chi connectivity index (χ2v) is 7.84. The highest BCUT2D eigenvalue weighted by Gasteiger charge is 2.34. The first-order valence-electron chi connectivity index (χ1n) is 4.96. The smallest absolute Gasteiger partial charge is 0.312 e. The van der Waals surface area contributed by atoms with Gasteiger partial charge in [0.05, 0.1) is 12.3 Å². The van der Waals surface area contributed by atoms with Gasteiger partial charge < -0.3 is 9.05 Å². The lowest BCUT2D eigenvalue weighted by molar-refractivity contribution is 0.276. The Morgan fingerprint density at radius 1 is 0.867 bits per heavy atom. The van der Waals surface area contributed by atoms with Crippen LogP contribution < -0.4 is 0 Å². The highest BCUT2D eigenvalue weighted by molar-refractivity contribution is 7.67. The number of rotatable bonds is 8. The minimum Gasteiger partial charge on any atom is -0.312 e. The van der Waals surface area contributed by atoms with Gasteiger partial charge in [-0.15, -0.1) is 0 Å². The molecule has 0 saturated carbocycles. The Labute approximate surface area is 91.6 Å². The van der Waals surface area contributed by atoms with Crippen molar-refractivity contribution in [2.24, 2.45) is 0 Å². The molecule has 0 radical (unpaired) electrons. The fourth-order valence-corrected chi connectivity index (χ4v) is 5.23. The number of hydrogen-bond acceptors (Lipinski definition) is 5. The van der Waals surface area contributed by atoms with Crippen molar-refractivity contribution in [3.8, 4) is 0 Å². The summed E-state index contributed by atoms with van der Waals surface area (Å²) in [6, 6.07) is 0. The first kappa shape index (κ1) is 15.3. The van der Waals surface area contributed by atoms with E-state index in [-0.39, 0.29) is 12.3 Å². The molecular formula is C8H20O5P2. The molecular weight excluding hydrogens is 238 g/mol. The van der Waals surface area contributed by atoms with Crippen molar-refractivity contribution in [2.75, 3.05) is 26.5 Å². The van der Waals surface area contributed by atoms with Crippen LogP contribution in [0.25, 0.3) is 0 Å². The highest BCUT2D eigenvalue weighted by Crippen LogP contribution is 2.64. The van der Waals surface area contributed by atoms with Crippen molar-refractivity contribution in [1.29, 1.82) is 0 Å². The molecule has 7 heteroatoms. The molecule has 0 aliphatic heterocycles. The zero-order valence-corrected chi connectivity index (χ0v) is 11.6. The van der Waals surface area contributed by atoms with E-state index in [2.05, 4.69) is 0 Å². The van der Waals surface area contributed by atoms with Crippen LogP contribution in [0.3, 0.4) is 0 Å². The average molecular weight is 258 g/mol. The monoisotopic (exact) mass is 258 g/mol. The molecule has 15 heavy (non-hydrogen) atoms. The Bertz CT molecular complexity index is 240. The largest absolute Gasteiger partial charge is 0.337 e. The van der Waals surface area contributed by atoms with E-state index < -0.39 is 15.2 Å². The van der Waals surface area contributed by atoms with Crippen molar-refractivity contribution < 1.29 is 22.5 Å². The van der Waals surface area contributed by atoms with Gasteiger partial charge in [-0.3, -0.25) is 9.13 Å². The highest BCUT2D eigenvalue weighted by atomic mass is 31.3. The summed E-state index contributed by atoms with van der Waals surface area (Å²) in [5.41, 5.74) is 0. The zero-order valence-electron chi connectivity index (χ0n) is 9.76. The topological polar surface area (TPSA) is 61.8 Å². The fourth-order valence-electron chi connectivity index (χ4n) is 1.07. The zero-order chi connectivity index (χ0) is 11.9. The van der Waals surface area contributed by atoms with Crippen LogP contribution in [-0.2, 0) is 22.5 Å². The first-order valence-corrected chi connectivity index (χ1v) is 8.41. The fraction of sp³-hybridized carbons (Fsp3) is 1.00. The van der Waals surface area contributed by atoms with Crippen molar-refractivity contribution >= 4 is 15.2 Å². The Morgan fingerprint density at radius 3 is 1.40 bits per heavy atom. The normalized spacial score (nSPS) is 19.5. The van der Waals surface area contributed by atoms with Crippen LogP contribution in [0, 0.1) is 0 Å². The molecule has 0 aliphatic carbocycles. The summed E-state index contributed by atoms with van der Waals surface area (Å²) in [7, 11) is -3.92. The summed E-state index contributed by atoms with van der Waals surface area (Å²) in [5, 5.41) is 0. The summed E-state index contributed by atoms with van der Waals surface area (Å²) in [5.74, 6) is 0. The Balaban J connectivity index is 4.63. The summed E-state index contributed by atoms with van der Waals surface area (Å²) < 4.78 is 38.5. The molecule has 2 unspecified atom stereocenters. The summed E-state index contributed by atoms with van der Waals surface area (Å²) in [4.78, 5) is 0. The van der Waals surface area contributed by atoms with Gasteiger partial charge in [-0.1, -0.05) is 13.8 Å². The van der Waals surface area contributed by atoms with Crippen molar-refractivity contribution in [2.45, 2.75) is 26.7 Å². The van der Waals surface area contributed by atoms with Crippen molar-refractivity contribution in [3.05, 3.63) is 0 Å². The van der Waals surface area contributed by atoms with Crippen LogP contribution in [-0.4, -0.2) is 26.5 Å². The first-order chi connectivity index (χ1) is 6.95. The van der Waals surface area contributed by atoms with E-state index in [1.54, 1.807) is 0 Å². The van der Waals surface area contributed by atoms with E-state index in [9.17, 15) is 9.13 Å². The van der Waals surface area contributed by atoms with Gasteiger partial charge in [0.2, 0.25) is 0 Å². The minimum atomic E-state index is -3.26. The Hall–Kier alpha value is 0.340. The van der Waals surface area contributed by atoms with E-state index in [1.165, 1.54) is 14.2 Å². The van der Waals surface area contributed by atoms with Gasteiger partial charge in [0.25, 0.3) is 0 Å². The second-order valence-electron chi connectivity index (χ2n) is 3.12. The maximum absolute atomic E-state index is 11.9. The minimum absolute atomic E-state index is 0.251. The van der Waals surface area contributed by atoms with Gasteiger partial charge >= 0.3 is 15.2 Å². The lowest BCUT2D eigenvalue weighted by atomic mass is 10.6. The molecule has 0 bridgehead atoms. The predicted molar refractivity (Wildman–Crippen MR) is 60.6 cm³/mol. The molecule has 0 spiro atoms.